The van der Waals surface area contributed by atoms with Crippen LogP contribution >= 0.6 is 23.5 Å². The largest absolute Gasteiger partial charge is 0.478 e. The van der Waals surface area contributed by atoms with Crippen LogP contribution in [0.25, 0.3) is 0 Å². The van der Waals surface area contributed by atoms with Crippen LogP contribution in [0.4, 0.5) is 0 Å². The first-order valence-corrected chi connectivity index (χ1v) is 9.40. The van der Waals surface area contributed by atoms with Crippen LogP contribution in [0.3, 0.4) is 0 Å². The fraction of sp³-hybridized carbons (Fsp3) is 0.786. The number of aliphatic carboxylic acids is 1. The molecular weight excluding hydrogens is 340 g/mol. The predicted octanol–water partition coefficient (Wildman–Crippen LogP) is -0.106. The van der Waals surface area contributed by atoms with Gasteiger partial charge in [0.2, 0.25) is 5.60 Å². The first kappa shape index (κ1) is 20.3. The summed E-state index contributed by atoms with van der Waals surface area (Å²) in [5.41, 5.74) is -1.76. The van der Waals surface area contributed by atoms with E-state index in [1.165, 1.54) is 23.5 Å². The van der Waals surface area contributed by atoms with Crippen molar-refractivity contribution in [3.05, 3.63) is 0 Å². The number of nitrogens with zero attached hydrogens (tertiary/aromatic N) is 2. The van der Waals surface area contributed by atoms with Crippen LogP contribution in [0.2, 0.25) is 0 Å². The highest BCUT2D eigenvalue weighted by molar-refractivity contribution is 8.01. The number of carbonyl (C=O) groups is 3. The average Bonchev–Trinajstić information content (AvgIpc) is 2.68. The summed E-state index contributed by atoms with van der Waals surface area (Å²) in [7, 11) is 7.62. The van der Waals surface area contributed by atoms with Crippen molar-refractivity contribution in [2.45, 2.75) is 10.9 Å². The molecule has 0 aliphatic carbocycles. The van der Waals surface area contributed by atoms with Gasteiger partial charge in [0, 0.05) is 30.3 Å². The molecule has 0 bridgehead atoms. The second-order valence-electron chi connectivity index (χ2n) is 5.86. The Morgan fingerprint density at radius 1 is 1.17 bits per heavy atom. The second-order valence-corrected chi connectivity index (χ2v) is 8.18. The highest BCUT2D eigenvalue weighted by Crippen LogP contribution is 2.37. The fourth-order valence-electron chi connectivity index (χ4n) is 1.95. The van der Waals surface area contributed by atoms with Crippen LogP contribution in [-0.4, -0.2) is 102 Å². The van der Waals surface area contributed by atoms with E-state index in [-0.39, 0.29) is 5.75 Å². The van der Waals surface area contributed by atoms with Gasteiger partial charge in [-0.1, -0.05) is 0 Å². The van der Waals surface area contributed by atoms with Gasteiger partial charge in [-0.25, -0.2) is 9.59 Å². The minimum Gasteiger partial charge on any atom is -0.478 e. The summed E-state index contributed by atoms with van der Waals surface area (Å²) in [6, 6.07) is 0. The van der Waals surface area contributed by atoms with Crippen LogP contribution in [0, 0.1) is 0 Å². The van der Waals surface area contributed by atoms with Crippen LogP contribution in [0.1, 0.15) is 0 Å². The first-order valence-electron chi connectivity index (χ1n) is 7.20. The third kappa shape index (κ3) is 5.37. The quantitative estimate of drug-likeness (QED) is 0.324. The number of hydrogen-bond acceptors (Lipinski definition) is 8. The lowest BCUT2D eigenvalue weighted by Gasteiger charge is -2.27. The highest BCUT2D eigenvalue weighted by atomic mass is 32.2. The summed E-state index contributed by atoms with van der Waals surface area (Å²) in [5.74, 6) is -1.71. The number of Topliss-reactive ketones (excluding diaryl/α,β-unsaturated/α-hetero) is 1. The van der Waals surface area contributed by atoms with Crippen molar-refractivity contribution in [1.82, 2.24) is 9.80 Å². The van der Waals surface area contributed by atoms with E-state index in [9.17, 15) is 19.5 Å². The van der Waals surface area contributed by atoms with Crippen LogP contribution < -0.4 is 0 Å². The molecule has 0 aromatic heterocycles. The molecule has 2 atom stereocenters. The maximum absolute atomic E-state index is 12.1. The predicted molar refractivity (Wildman–Crippen MR) is 92.1 cm³/mol. The Kier molecular flexibility index (Phi) is 7.85. The normalized spacial score (nSPS) is 24.5. The van der Waals surface area contributed by atoms with Gasteiger partial charge in [0.15, 0.2) is 0 Å². The zero-order valence-corrected chi connectivity index (χ0v) is 15.5. The molecule has 0 aromatic carbocycles. The van der Waals surface area contributed by atoms with E-state index < -0.39 is 28.6 Å². The summed E-state index contributed by atoms with van der Waals surface area (Å²) in [6.07, 6.45) is 0. The molecule has 1 N–H and O–H groups in total. The minimum absolute atomic E-state index is 0.0767. The third-order valence-corrected chi connectivity index (χ3v) is 5.77. The number of carboxylic acids is 1. The molecule has 132 valence electrons. The van der Waals surface area contributed by atoms with Crippen molar-refractivity contribution in [2.24, 2.45) is 0 Å². The van der Waals surface area contributed by atoms with Crippen LogP contribution in [0.15, 0.2) is 0 Å². The van der Waals surface area contributed by atoms with Crippen LogP contribution in [-0.2, 0) is 19.1 Å². The fourth-order valence-corrected chi connectivity index (χ4v) is 4.80. The Labute approximate surface area is 145 Å². The Bertz CT molecular complexity index is 458. The number of thioether (sulfide) groups is 2. The van der Waals surface area contributed by atoms with E-state index in [0.717, 1.165) is 6.54 Å². The Balaban J connectivity index is 2.80. The van der Waals surface area contributed by atoms with Crippen molar-refractivity contribution in [1.29, 1.82) is 0 Å². The van der Waals surface area contributed by atoms with Crippen molar-refractivity contribution < 1.29 is 24.2 Å². The third-order valence-electron chi connectivity index (χ3n) is 3.32. The Hall–Kier alpha value is -0.770. The Morgan fingerprint density at radius 3 is 2.26 bits per heavy atom. The SMILES string of the molecule is CN(C)CCSCC1(C(=O)O)OC(=O)C(=O)C1SCCN(C)C. The smallest absolute Gasteiger partial charge is 0.377 e. The summed E-state index contributed by atoms with van der Waals surface area (Å²) < 4.78 is 5.04. The highest BCUT2D eigenvalue weighted by Gasteiger charge is 2.61. The van der Waals surface area contributed by atoms with E-state index >= 15 is 0 Å². The second kappa shape index (κ2) is 8.91. The number of rotatable bonds is 10. The van der Waals surface area contributed by atoms with Gasteiger partial charge < -0.3 is 19.6 Å². The molecule has 1 rings (SSSR count). The molecule has 23 heavy (non-hydrogen) atoms. The number of carboxylic acid groups (broad SMARTS) is 1. The summed E-state index contributed by atoms with van der Waals surface area (Å²) in [5, 5.41) is 8.62. The van der Waals surface area contributed by atoms with E-state index in [2.05, 4.69) is 0 Å². The van der Waals surface area contributed by atoms with E-state index in [1.54, 1.807) is 0 Å². The van der Waals surface area contributed by atoms with Crippen molar-refractivity contribution in [3.8, 4) is 0 Å². The molecule has 7 nitrogen and oxygen atoms in total. The molecule has 0 radical (unpaired) electrons. The van der Waals surface area contributed by atoms with Gasteiger partial charge >= 0.3 is 11.9 Å². The van der Waals surface area contributed by atoms with Gasteiger partial charge in [-0.2, -0.15) is 11.8 Å². The number of cyclic esters (lactones) is 1. The monoisotopic (exact) mass is 364 g/mol. The average molecular weight is 364 g/mol. The van der Waals surface area contributed by atoms with Crippen molar-refractivity contribution in [3.63, 3.8) is 0 Å². The zero-order chi connectivity index (χ0) is 17.6. The van der Waals surface area contributed by atoms with E-state index in [0.29, 0.717) is 18.1 Å². The number of carbonyl (C=O) groups excluding carboxylic acids is 2. The van der Waals surface area contributed by atoms with E-state index in [4.69, 9.17) is 4.74 Å². The molecule has 0 aromatic rings. The molecule has 1 aliphatic rings. The maximum Gasteiger partial charge on any atom is 0.377 e. The van der Waals surface area contributed by atoms with Gasteiger partial charge in [0.1, 0.15) is 5.25 Å². The topological polar surface area (TPSA) is 87.1 Å². The van der Waals surface area contributed by atoms with Crippen molar-refractivity contribution >= 4 is 41.2 Å². The number of ketones is 1. The standard InChI is InChI=1S/C14H24N2O5S2/c1-15(2)5-7-22-9-14(13(19)20)11(10(17)12(18)21-14)23-8-6-16(3)4/h11H,5-9H2,1-4H3,(H,19,20). The molecule has 9 heteroatoms. The number of hydrogen-bond donors (Lipinski definition) is 1. The summed E-state index contributed by atoms with van der Waals surface area (Å²) in [6.45, 7) is 1.47. The van der Waals surface area contributed by atoms with Gasteiger partial charge in [-0.05, 0) is 28.2 Å². The molecule has 0 saturated carbocycles. The number of esters is 1. The van der Waals surface area contributed by atoms with Crippen molar-refractivity contribution in [2.75, 3.05) is 58.5 Å². The van der Waals surface area contributed by atoms with Gasteiger partial charge in [-0.15, -0.1) is 11.8 Å². The molecular formula is C14H24N2O5S2. The molecule has 0 amide bonds. The molecule has 1 aliphatic heterocycles. The van der Waals surface area contributed by atoms with Gasteiger partial charge in [0.25, 0.3) is 5.78 Å². The molecule has 1 saturated heterocycles. The van der Waals surface area contributed by atoms with Gasteiger partial charge in [0.05, 0.1) is 0 Å². The van der Waals surface area contributed by atoms with E-state index in [1.807, 2.05) is 38.0 Å². The minimum atomic E-state index is -1.76. The molecule has 1 fully saturated rings. The first-order chi connectivity index (χ1) is 10.7. The summed E-state index contributed by atoms with van der Waals surface area (Å²) >= 11 is 2.56. The lowest BCUT2D eigenvalue weighted by atomic mass is 10.0. The van der Waals surface area contributed by atoms with Crippen LogP contribution in [0.5, 0.6) is 0 Å². The lowest BCUT2D eigenvalue weighted by molar-refractivity contribution is -0.167. The number of ether oxygens (including phenoxy) is 1. The lowest BCUT2D eigenvalue weighted by Crippen LogP contribution is -2.50. The molecule has 1 heterocycles. The Morgan fingerprint density at radius 2 is 1.74 bits per heavy atom. The molecule has 2 unspecified atom stereocenters. The zero-order valence-electron chi connectivity index (χ0n) is 13.9. The summed E-state index contributed by atoms with van der Waals surface area (Å²) in [4.78, 5) is 39.4. The molecule has 0 spiro atoms. The van der Waals surface area contributed by atoms with Gasteiger partial charge in [-0.3, -0.25) is 4.79 Å². The maximum atomic E-state index is 12.1.